The van der Waals surface area contributed by atoms with Crippen LogP contribution in [0.1, 0.15) is 36.1 Å². The van der Waals surface area contributed by atoms with Crippen LogP contribution in [0, 0.1) is 0 Å². The van der Waals surface area contributed by atoms with E-state index in [0.29, 0.717) is 12.6 Å². The number of ether oxygens (including phenoxy) is 1. The van der Waals surface area contributed by atoms with Gasteiger partial charge in [-0.2, -0.15) is 0 Å². The second kappa shape index (κ2) is 6.10. The molecule has 0 radical (unpaired) electrons. The van der Waals surface area contributed by atoms with Crippen molar-refractivity contribution in [3.63, 3.8) is 0 Å². The van der Waals surface area contributed by atoms with Gasteiger partial charge in [-0.15, -0.1) is 0 Å². The Kier molecular flexibility index (Phi) is 4.03. The molecule has 0 saturated heterocycles. The number of hydrogen-bond acceptors (Lipinski definition) is 2. The Bertz CT molecular complexity index is 565. The van der Waals surface area contributed by atoms with Crippen molar-refractivity contribution >= 4 is 0 Å². The van der Waals surface area contributed by atoms with E-state index in [-0.39, 0.29) is 0 Å². The first kappa shape index (κ1) is 13.2. The molecule has 0 aromatic heterocycles. The number of hydrogen-bond donors (Lipinski definition) is 1. The molecular formula is C18H21NO. The minimum Gasteiger partial charge on any atom is -0.489 e. The average molecular weight is 267 g/mol. The third-order valence-electron chi connectivity index (χ3n) is 3.92. The molecule has 2 aromatic rings. The predicted octanol–water partition coefficient (Wildman–Crippen LogP) is 3.86. The zero-order valence-electron chi connectivity index (χ0n) is 11.9. The molecule has 2 nitrogen and oxygen atoms in total. The van der Waals surface area contributed by atoms with Crippen molar-refractivity contribution < 1.29 is 4.74 Å². The summed E-state index contributed by atoms with van der Waals surface area (Å²) in [4.78, 5) is 0. The van der Waals surface area contributed by atoms with Gasteiger partial charge in [0.1, 0.15) is 12.4 Å². The fraction of sp³-hybridized carbons (Fsp3) is 0.333. The Balaban J connectivity index is 1.75. The maximum atomic E-state index is 6.03. The zero-order chi connectivity index (χ0) is 13.8. The van der Waals surface area contributed by atoms with E-state index < -0.39 is 0 Å². The van der Waals surface area contributed by atoms with Crippen molar-refractivity contribution in [2.45, 2.75) is 32.4 Å². The second-order valence-corrected chi connectivity index (χ2v) is 5.25. The van der Waals surface area contributed by atoms with Gasteiger partial charge in [0, 0.05) is 6.04 Å². The Morgan fingerprint density at radius 2 is 1.95 bits per heavy atom. The lowest BCUT2D eigenvalue weighted by Crippen LogP contribution is -2.18. The van der Waals surface area contributed by atoms with Gasteiger partial charge in [0.15, 0.2) is 0 Å². The number of nitrogens with one attached hydrogen (secondary N) is 1. The van der Waals surface area contributed by atoms with Crippen molar-refractivity contribution in [2.75, 3.05) is 6.54 Å². The molecule has 2 heteroatoms. The molecule has 104 valence electrons. The van der Waals surface area contributed by atoms with E-state index in [1.54, 1.807) is 0 Å². The standard InChI is InChI=1S/C18H21NO/c1-2-19-17-12-11-16-15(17)9-6-10-18(16)20-13-14-7-4-3-5-8-14/h3-10,17,19H,2,11-13H2,1H3. The molecule has 0 fully saturated rings. The first-order valence-electron chi connectivity index (χ1n) is 7.40. The van der Waals surface area contributed by atoms with Gasteiger partial charge in [-0.3, -0.25) is 0 Å². The SMILES string of the molecule is CCNC1CCc2c(OCc3ccccc3)cccc21. The van der Waals surface area contributed by atoms with Crippen molar-refractivity contribution in [3.8, 4) is 5.75 Å². The number of fused-ring (bicyclic) bond motifs is 1. The minimum atomic E-state index is 0.496. The first-order valence-corrected chi connectivity index (χ1v) is 7.40. The van der Waals surface area contributed by atoms with E-state index in [1.807, 2.05) is 6.07 Å². The van der Waals surface area contributed by atoms with E-state index in [4.69, 9.17) is 4.74 Å². The molecular weight excluding hydrogens is 246 g/mol. The maximum absolute atomic E-state index is 6.03. The molecule has 1 unspecified atom stereocenters. The van der Waals surface area contributed by atoms with E-state index in [2.05, 4.69) is 54.7 Å². The van der Waals surface area contributed by atoms with Crippen LogP contribution < -0.4 is 10.1 Å². The normalized spacial score (nSPS) is 16.9. The van der Waals surface area contributed by atoms with Crippen LogP contribution in [0.3, 0.4) is 0 Å². The molecule has 1 N–H and O–H groups in total. The van der Waals surface area contributed by atoms with Crippen molar-refractivity contribution in [3.05, 3.63) is 65.2 Å². The summed E-state index contributed by atoms with van der Waals surface area (Å²) in [6.07, 6.45) is 2.28. The largest absolute Gasteiger partial charge is 0.489 e. The topological polar surface area (TPSA) is 21.3 Å². The highest BCUT2D eigenvalue weighted by Gasteiger charge is 2.24. The lowest BCUT2D eigenvalue weighted by molar-refractivity contribution is 0.303. The average Bonchev–Trinajstić information content (AvgIpc) is 2.91. The molecule has 0 amide bonds. The van der Waals surface area contributed by atoms with E-state index >= 15 is 0 Å². The Hall–Kier alpha value is -1.80. The van der Waals surface area contributed by atoms with E-state index in [9.17, 15) is 0 Å². The van der Waals surface area contributed by atoms with Crippen LogP contribution in [0.4, 0.5) is 0 Å². The van der Waals surface area contributed by atoms with Gasteiger partial charge in [-0.25, -0.2) is 0 Å². The number of rotatable bonds is 5. The van der Waals surface area contributed by atoms with Crippen LogP contribution in [0.2, 0.25) is 0 Å². The highest BCUT2D eigenvalue weighted by Crippen LogP contribution is 2.37. The summed E-state index contributed by atoms with van der Waals surface area (Å²) in [5.41, 5.74) is 4.01. The van der Waals surface area contributed by atoms with Crippen molar-refractivity contribution in [1.29, 1.82) is 0 Å². The third-order valence-corrected chi connectivity index (χ3v) is 3.92. The lowest BCUT2D eigenvalue weighted by Gasteiger charge is -2.14. The smallest absolute Gasteiger partial charge is 0.123 e. The predicted molar refractivity (Wildman–Crippen MR) is 82.0 cm³/mol. The lowest BCUT2D eigenvalue weighted by atomic mass is 10.1. The van der Waals surface area contributed by atoms with Crippen LogP contribution in [0.15, 0.2) is 48.5 Å². The Labute approximate surface area is 120 Å². The summed E-state index contributed by atoms with van der Waals surface area (Å²) in [5.74, 6) is 1.05. The van der Waals surface area contributed by atoms with Gasteiger partial charge in [-0.1, -0.05) is 49.4 Å². The summed E-state index contributed by atoms with van der Waals surface area (Å²) >= 11 is 0. The molecule has 1 aliphatic carbocycles. The Morgan fingerprint density at radius 1 is 1.10 bits per heavy atom. The molecule has 3 rings (SSSR count). The summed E-state index contributed by atoms with van der Waals surface area (Å²) in [6, 6.07) is 17.3. The zero-order valence-corrected chi connectivity index (χ0v) is 11.9. The van der Waals surface area contributed by atoms with Gasteiger partial charge in [0.25, 0.3) is 0 Å². The van der Waals surface area contributed by atoms with Crippen LogP contribution in [0.25, 0.3) is 0 Å². The van der Waals surface area contributed by atoms with E-state index in [0.717, 1.165) is 18.7 Å². The highest BCUT2D eigenvalue weighted by atomic mass is 16.5. The van der Waals surface area contributed by atoms with Gasteiger partial charge in [0.05, 0.1) is 0 Å². The van der Waals surface area contributed by atoms with Crippen LogP contribution in [0.5, 0.6) is 5.75 Å². The van der Waals surface area contributed by atoms with Gasteiger partial charge in [-0.05, 0) is 42.1 Å². The molecule has 0 saturated carbocycles. The van der Waals surface area contributed by atoms with Gasteiger partial charge >= 0.3 is 0 Å². The van der Waals surface area contributed by atoms with Crippen LogP contribution in [-0.2, 0) is 13.0 Å². The summed E-state index contributed by atoms with van der Waals surface area (Å²) in [5, 5.41) is 3.55. The second-order valence-electron chi connectivity index (χ2n) is 5.25. The molecule has 1 atom stereocenters. The molecule has 20 heavy (non-hydrogen) atoms. The molecule has 1 aliphatic rings. The molecule has 0 spiro atoms. The molecule has 0 aliphatic heterocycles. The summed E-state index contributed by atoms with van der Waals surface area (Å²) < 4.78 is 6.03. The summed E-state index contributed by atoms with van der Waals surface area (Å²) in [6.45, 7) is 3.82. The molecule has 0 bridgehead atoms. The number of benzene rings is 2. The fourth-order valence-electron chi connectivity index (χ4n) is 2.95. The monoisotopic (exact) mass is 267 g/mol. The minimum absolute atomic E-state index is 0.496. The quantitative estimate of drug-likeness (QED) is 0.888. The highest BCUT2D eigenvalue weighted by molar-refractivity contribution is 5.45. The fourth-order valence-corrected chi connectivity index (χ4v) is 2.95. The van der Waals surface area contributed by atoms with Gasteiger partial charge < -0.3 is 10.1 Å². The van der Waals surface area contributed by atoms with E-state index in [1.165, 1.54) is 23.1 Å². The van der Waals surface area contributed by atoms with Gasteiger partial charge in [0.2, 0.25) is 0 Å². The summed E-state index contributed by atoms with van der Waals surface area (Å²) in [7, 11) is 0. The van der Waals surface area contributed by atoms with Crippen LogP contribution >= 0.6 is 0 Å². The molecule has 2 aromatic carbocycles. The van der Waals surface area contributed by atoms with Crippen LogP contribution in [-0.4, -0.2) is 6.54 Å². The maximum Gasteiger partial charge on any atom is 0.123 e. The molecule has 0 heterocycles. The van der Waals surface area contributed by atoms with Crippen molar-refractivity contribution in [1.82, 2.24) is 5.32 Å². The first-order chi connectivity index (χ1) is 9.88. The third kappa shape index (κ3) is 2.70. The van der Waals surface area contributed by atoms with Crippen molar-refractivity contribution in [2.24, 2.45) is 0 Å². The Morgan fingerprint density at radius 3 is 2.75 bits per heavy atom.